The van der Waals surface area contributed by atoms with Crippen molar-refractivity contribution >= 4 is 0 Å². The van der Waals surface area contributed by atoms with Gasteiger partial charge in [-0.05, 0) is 51.0 Å². The zero-order chi connectivity index (χ0) is 14.9. The van der Waals surface area contributed by atoms with E-state index in [1.165, 1.54) is 37.7 Å². The molecule has 2 heterocycles. The van der Waals surface area contributed by atoms with E-state index in [4.69, 9.17) is 4.74 Å². The molecular formula is C17H29N3O. The highest BCUT2D eigenvalue weighted by Crippen LogP contribution is 2.37. The van der Waals surface area contributed by atoms with E-state index in [0.29, 0.717) is 0 Å². The first-order chi connectivity index (χ1) is 10.1. The molecule has 1 aliphatic carbocycles. The summed E-state index contributed by atoms with van der Waals surface area (Å²) >= 11 is 0. The molecule has 1 aromatic heterocycles. The first kappa shape index (κ1) is 15.0. The predicted octanol–water partition coefficient (Wildman–Crippen LogP) is 2.83. The highest BCUT2D eigenvalue weighted by atomic mass is 16.5. The van der Waals surface area contributed by atoms with Gasteiger partial charge in [-0.1, -0.05) is 6.92 Å². The number of likely N-dealkylation sites (tertiary alicyclic amines) is 1. The molecular weight excluding hydrogens is 262 g/mol. The third-order valence-corrected chi connectivity index (χ3v) is 5.74. The lowest BCUT2D eigenvalue weighted by atomic mass is 9.78. The highest BCUT2D eigenvalue weighted by molar-refractivity contribution is 5.06. The van der Waals surface area contributed by atoms with E-state index in [-0.39, 0.29) is 11.1 Å². The number of aromatic nitrogens is 2. The smallest absolute Gasteiger partial charge is 0.0805 e. The van der Waals surface area contributed by atoms with Crippen LogP contribution in [0.2, 0.25) is 0 Å². The molecule has 4 nitrogen and oxygen atoms in total. The van der Waals surface area contributed by atoms with Gasteiger partial charge in [0.15, 0.2) is 0 Å². The van der Waals surface area contributed by atoms with E-state index >= 15 is 0 Å². The van der Waals surface area contributed by atoms with Crippen LogP contribution in [0.25, 0.3) is 0 Å². The minimum absolute atomic E-state index is 0.162. The highest BCUT2D eigenvalue weighted by Gasteiger charge is 2.41. The lowest BCUT2D eigenvalue weighted by molar-refractivity contribution is -0.0971. The Kier molecular flexibility index (Phi) is 4.10. The van der Waals surface area contributed by atoms with Gasteiger partial charge in [0, 0.05) is 32.9 Å². The lowest BCUT2D eigenvalue weighted by Crippen LogP contribution is -2.53. The van der Waals surface area contributed by atoms with Gasteiger partial charge in [-0.2, -0.15) is 5.10 Å². The van der Waals surface area contributed by atoms with Gasteiger partial charge in [0.2, 0.25) is 0 Å². The van der Waals surface area contributed by atoms with Crippen LogP contribution in [0.1, 0.15) is 51.5 Å². The van der Waals surface area contributed by atoms with Gasteiger partial charge < -0.3 is 9.64 Å². The lowest BCUT2D eigenvalue weighted by Gasteiger charge is -2.47. The zero-order valence-electron chi connectivity index (χ0n) is 13.8. The van der Waals surface area contributed by atoms with E-state index in [1.54, 1.807) is 0 Å². The van der Waals surface area contributed by atoms with Gasteiger partial charge in [0.05, 0.1) is 17.3 Å². The maximum absolute atomic E-state index is 5.77. The van der Waals surface area contributed by atoms with E-state index in [9.17, 15) is 0 Å². The Labute approximate surface area is 128 Å². The number of ether oxygens (including phenoxy) is 1. The van der Waals surface area contributed by atoms with Crippen LogP contribution in [0.3, 0.4) is 0 Å². The Morgan fingerprint density at radius 1 is 1.24 bits per heavy atom. The van der Waals surface area contributed by atoms with Gasteiger partial charge in [-0.3, -0.25) is 4.68 Å². The molecule has 0 N–H and O–H groups in total. The van der Waals surface area contributed by atoms with E-state index in [0.717, 1.165) is 26.1 Å². The molecule has 118 valence electrons. The number of nitrogens with zero attached hydrogens (tertiary/aromatic N) is 3. The molecule has 1 saturated heterocycles. The monoisotopic (exact) mass is 291 g/mol. The average molecular weight is 291 g/mol. The minimum Gasteiger partial charge on any atom is -0.377 e. The molecule has 3 rings (SSSR count). The summed E-state index contributed by atoms with van der Waals surface area (Å²) in [4.78, 5) is 2.59. The van der Waals surface area contributed by atoms with Crippen molar-refractivity contribution in [1.29, 1.82) is 0 Å². The molecule has 2 aliphatic rings. The van der Waals surface area contributed by atoms with Gasteiger partial charge >= 0.3 is 0 Å². The maximum atomic E-state index is 5.77. The topological polar surface area (TPSA) is 30.3 Å². The van der Waals surface area contributed by atoms with E-state index in [1.807, 2.05) is 13.3 Å². The average Bonchev–Trinajstić information content (AvgIpc) is 2.95. The number of piperidine rings is 1. The summed E-state index contributed by atoms with van der Waals surface area (Å²) in [5, 5.41) is 4.60. The zero-order valence-corrected chi connectivity index (χ0v) is 13.8. The Balaban J connectivity index is 1.59. The van der Waals surface area contributed by atoms with Crippen molar-refractivity contribution < 1.29 is 4.74 Å². The summed E-state index contributed by atoms with van der Waals surface area (Å²) in [6.07, 6.45) is 11.5. The van der Waals surface area contributed by atoms with Crippen molar-refractivity contribution in [2.75, 3.05) is 26.7 Å². The standard InChI is InChI=1S/C17H29N3O/c1-4-15-12-18-20(13-15)16(2)8-10-19(11-9-16)14-17(21-3)6-5-7-17/h12-13H,4-11,14H2,1-3H3. The summed E-state index contributed by atoms with van der Waals surface area (Å²) in [7, 11) is 1.88. The quantitative estimate of drug-likeness (QED) is 0.835. The van der Waals surface area contributed by atoms with Crippen molar-refractivity contribution in [3.8, 4) is 0 Å². The minimum atomic E-state index is 0.162. The van der Waals surface area contributed by atoms with Crippen LogP contribution in [-0.2, 0) is 16.7 Å². The largest absolute Gasteiger partial charge is 0.377 e. The Morgan fingerprint density at radius 3 is 2.43 bits per heavy atom. The van der Waals surface area contributed by atoms with Crippen molar-refractivity contribution in [2.45, 2.75) is 63.5 Å². The van der Waals surface area contributed by atoms with E-state index < -0.39 is 0 Å². The third kappa shape index (κ3) is 2.88. The van der Waals surface area contributed by atoms with Crippen molar-refractivity contribution in [2.24, 2.45) is 0 Å². The maximum Gasteiger partial charge on any atom is 0.0805 e. The molecule has 0 atom stereocenters. The fraction of sp³-hybridized carbons (Fsp3) is 0.824. The third-order valence-electron chi connectivity index (χ3n) is 5.74. The van der Waals surface area contributed by atoms with Gasteiger partial charge in [0.1, 0.15) is 0 Å². The van der Waals surface area contributed by atoms with Crippen LogP contribution < -0.4 is 0 Å². The van der Waals surface area contributed by atoms with E-state index in [2.05, 4.69) is 34.7 Å². The summed E-state index contributed by atoms with van der Waals surface area (Å²) in [5.74, 6) is 0. The summed E-state index contributed by atoms with van der Waals surface area (Å²) in [5.41, 5.74) is 1.69. The fourth-order valence-corrected chi connectivity index (χ4v) is 3.67. The number of aryl methyl sites for hydroxylation is 1. The molecule has 1 aromatic rings. The molecule has 1 saturated carbocycles. The van der Waals surface area contributed by atoms with Gasteiger partial charge in [-0.25, -0.2) is 0 Å². The molecule has 0 radical (unpaired) electrons. The molecule has 0 amide bonds. The van der Waals surface area contributed by atoms with Crippen LogP contribution in [0.5, 0.6) is 0 Å². The second kappa shape index (κ2) is 5.73. The first-order valence-electron chi connectivity index (χ1n) is 8.41. The Bertz CT molecular complexity index is 465. The number of rotatable bonds is 5. The Morgan fingerprint density at radius 2 is 1.95 bits per heavy atom. The molecule has 0 unspecified atom stereocenters. The second-order valence-corrected chi connectivity index (χ2v) is 7.16. The molecule has 2 fully saturated rings. The van der Waals surface area contributed by atoms with Crippen molar-refractivity contribution in [3.05, 3.63) is 18.0 Å². The molecule has 21 heavy (non-hydrogen) atoms. The van der Waals surface area contributed by atoms with Crippen LogP contribution in [0.4, 0.5) is 0 Å². The van der Waals surface area contributed by atoms with Crippen molar-refractivity contribution in [3.63, 3.8) is 0 Å². The van der Waals surface area contributed by atoms with Crippen LogP contribution in [0.15, 0.2) is 12.4 Å². The molecule has 4 heteroatoms. The molecule has 1 aliphatic heterocycles. The van der Waals surface area contributed by atoms with Crippen LogP contribution in [0, 0.1) is 0 Å². The SMILES string of the molecule is CCc1cnn(C2(C)CCN(CC3(OC)CCC3)CC2)c1. The summed E-state index contributed by atoms with van der Waals surface area (Å²) in [6.45, 7) is 7.96. The van der Waals surface area contributed by atoms with Gasteiger partial charge in [0.25, 0.3) is 0 Å². The molecule has 0 aromatic carbocycles. The molecule has 0 spiro atoms. The number of hydrogen-bond donors (Lipinski definition) is 0. The number of methoxy groups -OCH3 is 1. The molecule has 0 bridgehead atoms. The fourth-order valence-electron chi connectivity index (χ4n) is 3.67. The Hall–Kier alpha value is -0.870. The van der Waals surface area contributed by atoms with Crippen LogP contribution in [-0.4, -0.2) is 47.0 Å². The second-order valence-electron chi connectivity index (χ2n) is 7.16. The van der Waals surface area contributed by atoms with Crippen LogP contribution >= 0.6 is 0 Å². The summed E-state index contributed by atoms with van der Waals surface area (Å²) in [6, 6.07) is 0. The predicted molar refractivity (Wildman–Crippen MR) is 84.5 cm³/mol. The summed E-state index contributed by atoms with van der Waals surface area (Å²) < 4.78 is 7.98. The van der Waals surface area contributed by atoms with Crippen molar-refractivity contribution in [1.82, 2.24) is 14.7 Å². The number of hydrogen-bond acceptors (Lipinski definition) is 3. The first-order valence-corrected chi connectivity index (χ1v) is 8.41. The van der Waals surface area contributed by atoms with Gasteiger partial charge in [-0.15, -0.1) is 0 Å². The normalized spacial score (nSPS) is 24.7.